The van der Waals surface area contributed by atoms with Crippen molar-refractivity contribution in [1.82, 2.24) is 4.90 Å². The van der Waals surface area contributed by atoms with Crippen LogP contribution in [0.4, 0.5) is 5.69 Å². The van der Waals surface area contributed by atoms with Gasteiger partial charge in [-0.05, 0) is 36.9 Å². The molecule has 2 saturated heterocycles. The van der Waals surface area contributed by atoms with Gasteiger partial charge in [0.05, 0.1) is 31.4 Å². The lowest BCUT2D eigenvalue weighted by molar-refractivity contribution is -0.197. The highest BCUT2D eigenvalue weighted by atomic mass is 16.7. The monoisotopic (exact) mass is 424 g/mol. The molecule has 5 aliphatic rings. The largest absolute Gasteiger partial charge is 0.497 e. The molecule has 0 unspecified atom stereocenters. The predicted molar refractivity (Wildman–Crippen MR) is 113 cm³/mol. The van der Waals surface area contributed by atoms with E-state index in [0.29, 0.717) is 12.6 Å². The predicted octanol–water partition coefficient (Wildman–Crippen LogP) is 2.24. The molecule has 1 aromatic rings. The van der Waals surface area contributed by atoms with Crippen molar-refractivity contribution in [2.45, 2.75) is 50.5 Å². The fourth-order valence-corrected chi connectivity index (χ4v) is 7.40. The maximum absolute atomic E-state index is 13.1. The Balaban J connectivity index is 1.59. The Hall–Kier alpha value is -2.38. The molecule has 6 atom stereocenters. The molecule has 0 aromatic heterocycles. The zero-order chi connectivity index (χ0) is 21.5. The van der Waals surface area contributed by atoms with Gasteiger partial charge in [0, 0.05) is 37.9 Å². The molecule has 1 amide bonds. The first-order chi connectivity index (χ1) is 15.0. The summed E-state index contributed by atoms with van der Waals surface area (Å²) in [7, 11) is 1.65. The number of piperidine rings is 1. The number of nitrogens with zero attached hydrogens (tertiary/aromatic N) is 2. The standard InChI is InChI=1S/C24H28N2O5/c1-13(27)26-19-10-16(29-3)4-5-18(19)24-7-8-25-12-15-6-9-30-23(31-14(2)28)21(22(24)26)17(15)11-20(24)25/h4-6,10,17,20-23H,7-9,11-12H2,1-3H3/t17-,20-,21+,22-,23+,24+/m0/s1. The van der Waals surface area contributed by atoms with Crippen LogP contribution in [0.2, 0.25) is 0 Å². The van der Waals surface area contributed by atoms with Crippen LogP contribution in [-0.2, 0) is 24.5 Å². The number of hydrogen-bond acceptors (Lipinski definition) is 6. The van der Waals surface area contributed by atoms with E-state index in [-0.39, 0.29) is 35.2 Å². The van der Waals surface area contributed by atoms with Gasteiger partial charge in [0.1, 0.15) is 5.75 Å². The van der Waals surface area contributed by atoms with E-state index < -0.39 is 6.29 Å². The number of carbonyl (C=O) groups is 2. The number of hydrogen-bond donors (Lipinski definition) is 0. The number of carbonyl (C=O) groups excluding carboxylic acids is 2. The highest BCUT2D eigenvalue weighted by molar-refractivity contribution is 5.96. The van der Waals surface area contributed by atoms with E-state index in [9.17, 15) is 9.59 Å². The summed E-state index contributed by atoms with van der Waals surface area (Å²) in [6, 6.07) is 6.39. The number of rotatable bonds is 2. The van der Waals surface area contributed by atoms with Crippen molar-refractivity contribution in [3.05, 3.63) is 35.4 Å². The van der Waals surface area contributed by atoms with Gasteiger partial charge in [0.2, 0.25) is 12.2 Å². The van der Waals surface area contributed by atoms with Gasteiger partial charge >= 0.3 is 5.97 Å². The molecule has 0 N–H and O–H groups in total. The van der Waals surface area contributed by atoms with E-state index in [4.69, 9.17) is 14.2 Å². The summed E-state index contributed by atoms with van der Waals surface area (Å²) in [6.07, 6.45) is 3.50. The lowest BCUT2D eigenvalue weighted by Crippen LogP contribution is -2.66. The van der Waals surface area contributed by atoms with Crippen LogP contribution in [0.3, 0.4) is 0 Å². The van der Waals surface area contributed by atoms with E-state index in [1.165, 1.54) is 18.1 Å². The van der Waals surface area contributed by atoms with Crippen molar-refractivity contribution in [2.75, 3.05) is 31.7 Å². The average Bonchev–Trinajstić information content (AvgIpc) is 3.20. The molecule has 3 fully saturated rings. The summed E-state index contributed by atoms with van der Waals surface area (Å²) in [5, 5.41) is 0. The number of methoxy groups -OCH3 is 1. The molecule has 7 nitrogen and oxygen atoms in total. The van der Waals surface area contributed by atoms with Crippen LogP contribution < -0.4 is 9.64 Å². The second kappa shape index (κ2) is 6.56. The summed E-state index contributed by atoms with van der Waals surface area (Å²) in [5.74, 6) is 0.539. The summed E-state index contributed by atoms with van der Waals surface area (Å²) in [6.45, 7) is 5.43. The molecule has 31 heavy (non-hydrogen) atoms. The van der Waals surface area contributed by atoms with Crippen LogP contribution in [0.25, 0.3) is 0 Å². The van der Waals surface area contributed by atoms with Gasteiger partial charge in [-0.1, -0.05) is 17.7 Å². The van der Waals surface area contributed by atoms with Crippen LogP contribution >= 0.6 is 0 Å². The van der Waals surface area contributed by atoms with E-state index >= 15 is 0 Å². The maximum Gasteiger partial charge on any atom is 0.304 e. The Morgan fingerprint density at radius 3 is 2.84 bits per heavy atom. The summed E-state index contributed by atoms with van der Waals surface area (Å²) >= 11 is 0. The normalized spacial score (nSPS) is 37.5. The zero-order valence-electron chi connectivity index (χ0n) is 18.2. The number of amides is 1. The van der Waals surface area contributed by atoms with Gasteiger partial charge in [-0.2, -0.15) is 0 Å². The maximum atomic E-state index is 13.1. The van der Waals surface area contributed by atoms with E-state index in [1.54, 1.807) is 14.0 Å². The van der Waals surface area contributed by atoms with Gasteiger partial charge in [0.25, 0.3) is 0 Å². The highest BCUT2D eigenvalue weighted by Gasteiger charge is 2.69. The first-order valence-corrected chi connectivity index (χ1v) is 11.2. The second-order valence-corrected chi connectivity index (χ2v) is 9.50. The molecule has 1 aliphatic carbocycles. The molecular weight excluding hydrogens is 396 g/mol. The Kier molecular flexibility index (Phi) is 4.09. The molecule has 1 saturated carbocycles. The minimum Gasteiger partial charge on any atom is -0.497 e. The van der Waals surface area contributed by atoms with Gasteiger partial charge in [0.15, 0.2) is 0 Å². The van der Waals surface area contributed by atoms with Gasteiger partial charge in [-0.3, -0.25) is 14.5 Å². The lowest BCUT2D eigenvalue weighted by atomic mass is 9.55. The lowest BCUT2D eigenvalue weighted by Gasteiger charge is -2.56. The van der Waals surface area contributed by atoms with Crippen LogP contribution in [0.1, 0.15) is 32.3 Å². The Labute approximate surface area is 181 Å². The third-order valence-electron chi connectivity index (χ3n) is 8.33. The molecule has 4 heterocycles. The van der Waals surface area contributed by atoms with Crippen LogP contribution in [0, 0.1) is 11.8 Å². The van der Waals surface area contributed by atoms with E-state index in [1.807, 2.05) is 17.0 Å². The SMILES string of the molecule is COc1ccc2c(c1)N(C(C)=O)[C@H]1[C@@H]3[C@@H](OC(C)=O)OCC=C4CN5CC[C@]21[C@@H]5C[C@@H]43. The first kappa shape index (κ1) is 19.3. The summed E-state index contributed by atoms with van der Waals surface area (Å²) in [4.78, 5) is 29.7. The van der Waals surface area contributed by atoms with Crippen LogP contribution in [0.5, 0.6) is 5.75 Å². The van der Waals surface area contributed by atoms with Crippen molar-refractivity contribution >= 4 is 17.6 Å². The Morgan fingerprint density at radius 2 is 2.10 bits per heavy atom. The smallest absolute Gasteiger partial charge is 0.304 e. The van der Waals surface area contributed by atoms with Crippen LogP contribution in [-0.4, -0.2) is 62.0 Å². The number of esters is 1. The third kappa shape index (κ3) is 2.42. The zero-order valence-corrected chi connectivity index (χ0v) is 18.2. The van der Waals surface area contributed by atoms with Crippen molar-refractivity contribution in [3.63, 3.8) is 0 Å². The molecule has 6 rings (SSSR count). The molecule has 7 heteroatoms. The molecule has 1 aromatic carbocycles. The van der Waals surface area contributed by atoms with Crippen molar-refractivity contribution in [3.8, 4) is 5.75 Å². The van der Waals surface area contributed by atoms with Crippen LogP contribution in [0.15, 0.2) is 29.8 Å². The van der Waals surface area contributed by atoms with Crippen molar-refractivity contribution in [2.24, 2.45) is 11.8 Å². The molecule has 164 valence electrons. The summed E-state index contributed by atoms with van der Waals surface area (Å²) < 4.78 is 17.4. The van der Waals surface area contributed by atoms with Gasteiger partial charge < -0.3 is 19.1 Å². The van der Waals surface area contributed by atoms with Gasteiger partial charge in [-0.15, -0.1) is 0 Å². The minimum atomic E-state index is -0.663. The van der Waals surface area contributed by atoms with E-state index in [0.717, 1.165) is 37.4 Å². The van der Waals surface area contributed by atoms with E-state index in [2.05, 4.69) is 17.0 Å². The quantitative estimate of drug-likeness (QED) is 0.536. The molecule has 4 aliphatic heterocycles. The third-order valence-corrected chi connectivity index (χ3v) is 8.33. The number of benzene rings is 1. The number of ether oxygens (including phenoxy) is 3. The molecular formula is C24H28N2O5. The fraction of sp³-hybridized carbons (Fsp3) is 0.583. The van der Waals surface area contributed by atoms with Crippen molar-refractivity contribution in [1.29, 1.82) is 0 Å². The average molecular weight is 424 g/mol. The second-order valence-electron chi connectivity index (χ2n) is 9.50. The minimum absolute atomic E-state index is 0.00570. The topological polar surface area (TPSA) is 68.3 Å². The fourth-order valence-electron chi connectivity index (χ4n) is 7.40. The Morgan fingerprint density at radius 1 is 1.26 bits per heavy atom. The number of fused-ring (bicyclic) bond motifs is 2. The highest BCUT2D eigenvalue weighted by Crippen LogP contribution is 2.64. The molecule has 1 spiro atoms. The first-order valence-electron chi connectivity index (χ1n) is 11.2. The van der Waals surface area contributed by atoms with Crippen molar-refractivity contribution < 1.29 is 23.8 Å². The molecule has 0 radical (unpaired) electrons. The Bertz CT molecular complexity index is 1010. The number of anilines is 1. The molecule has 2 bridgehead atoms. The van der Waals surface area contributed by atoms with Gasteiger partial charge in [-0.25, -0.2) is 0 Å². The summed E-state index contributed by atoms with van der Waals surface area (Å²) in [5.41, 5.74) is 3.33.